The van der Waals surface area contributed by atoms with Gasteiger partial charge in [-0.25, -0.2) is 0 Å². The first-order valence-corrected chi connectivity index (χ1v) is 7.15. The van der Waals surface area contributed by atoms with Crippen LogP contribution >= 0.6 is 18.5 Å². The van der Waals surface area contributed by atoms with Crippen molar-refractivity contribution in [2.75, 3.05) is 0 Å². The van der Waals surface area contributed by atoms with E-state index in [4.69, 9.17) is 0 Å². The Morgan fingerprint density at radius 3 is 2.00 bits per heavy atom. The maximum Gasteiger partial charge on any atom is 0.00256 e. The zero-order valence-corrected chi connectivity index (χ0v) is 16.6. The molecule has 6 heteroatoms. The molecule has 118 valence electrons. The van der Waals surface area contributed by atoms with Gasteiger partial charge in [-0.3, -0.25) is 0 Å². The quantitative estimate of drug-likeness (QED) is 0.568. The Kier molecular flexibility index (Phi) is 22.2. The van der Waals surface area contributed by atoms with Gasteiger partial charge >= 0.3 is 0 Å². The van der Waals surface area contributed by atoms with Crippen LogP contribution in [0, 0.1) is 157 Å². The molecule has 0 bridgehead atoms. The van der Waals surface area contributed by atoms with Crippen molar-refractivity contribution in [1.29, 1.82) is 0 Å². The smallest absolute Gasteiger partial charge is 0.00256 e. The summed E-state index contributed by atoms with van der Waals surface area (Å²) in [6, 6.07) is 0. The Balaban J connectivity index is -0.000000722. The Hall–Kier alpha value is 4.86. The zero-order chi connectivity index (χ0) is 11.7. The van der Waals surface area contributed by atoms with E-state index in [1.807, 2.05) is 0 Å². The molecule has 0 saturated heterocycles. The first kappa shape index (κ1) is 29.6. The summed E-state index contributed by atoms with van der Waals surface area (Å²) < 4.78 is 0. The molecule has 0 saturated carbocycles. The molecular formula is C14H20Ar4P2. The molecule has 0 aliphatic heterocycles. The molecule has 0 amide bonds. The third-order valence-electron chi connectivity index (χ3n) is 3.43. The molecule has 2 rings (SSSR count). The van der Waals surface area contributed by atoms with E-state index >= 15 is 0 Å². The van der Waals surface area contributed by atoms with Crippen LogP contribution < -0.4 is 0 Å². The van der Waals surface area contributed by atoms with Crippen molar-refractivity contribution < 1.29 is 151 Å². The SMILES string of the molecule is CC1=C(C2=C(P)C=CC[C@@H]2C)[C@@H](P)CC=C1.[Ar].[Ar].[Ar].[Ar]. The topological polar surface area (TPSA) is 0 Å². The molecule has 0 radical (unpaired) electrons. The summed E-state index contributed by atoms with van der Waals surface area (Å²) in [5, 5.41) is 1.37. The number of hydrogen-bond acceptors (Lipinski definition) is 0. The molecule has 20 heavy (non-hydrogen) atoms. The molecule has 0 heterocycles. The van der Waals surface area contributed by atoms with Crippen molar-refractivity contribution in [2.45, 2.75) is 32.3 Å². The fraction of sp³-hybridized carbons (Fsp3) is 0.429. The number of rotatable bonds is 1. The average molecular weight is 410 g/mol. The zero-order valence-electron chi connectivity index (χ0n) is 11.4. The van der Waals surface area contributed by atoms with Crippen LogP contribution in [0.1, 0.15) is 26.7 Å². The molecule has 0 N–H and O–H groups in total. The predicted molar refractivity (Wildman–Crippen MR) is 79.6 cm³/mol. The molecule has 4 atom stereocenters. The van der Waals surface area contributed by atoms with Gasteiger partial charge in [-0.1, -0.05) is 31.2 Å². The minimum atomic E-state index is 0. The molecule has 0 aromatic heterocycles. The molecule has 0 nitrogen and oxygen atoms in total. The Bertz CT molecular complexity index is 385. The summed E-state index contributed by atoms with van der Waals surface area (Å²) in [6.45, 7) is 4.57. The molecule has 2 aliphatic rings. The summed E-state index contributed by atoms with van der Waals surface area (Å²) in [5.41, 5.74) is 5.12. The van der Waals surface area contributed by atoms with Crippen LogP contribution in [0.4, 0.5) is 0 Å². The van der Waals surface area contributed by atoms with E-state index in [-0.39, 0.29) is 151 Å². The minimum Gasteiger partial charge on any atom is -0.129 e. The van der Waals surface area contributed by atoms with Gasteiger partial charge in [0.05, 0.1) is 0 Å². The van der Waals surface area contributed by atoms with Crippen LogP contribution in [0.2, 0.25) is 0 Å². The van der Waals surface area contributed by atoms with Crippen LogP contribution in [0.5, 0.6) is 0 Å². The second kappa shape index (κ2) is 15.0. The summed E-state index contributed by atoms with van der Waals surface area (Å²) >= 11 is 0. The monoisotopic (exact) mass is 410 g/mol. The van der Waals surface area contributed by atoms with Crippen molar-refractivity contribution in [3.63, 3.8) is 0 Å². The molecule has 0 aromatic rings. The van der Waals surface area contributed by atoms with E-state index < -0.39 is 0 Å². The molecule has 0 aromatic carbocycles. The van der Waals surface area contributed by atoms with Gasteiger partial charge in [0.2, 0.25) is 0 Å². The van der Waals surface area contributed by atoms with Gasteiger partial charge in [0.25, 0.3) is 0 Å². The number of hydrogen-bond donors (Lipinski definition) is 0. The Morgan fingerprint density at radius 2 is 1.50 bits per heavy atom. The normalized spacial score (nSPS) is 24.2. The van der Waals surface area contributed by atoms with E-state index in [0.717, 1.165) is 6.42 Å². The van der Waals surface area contributed by atoms with Crippen molar-refractivity contribution >= 4 is 18.5 Å². The van der Waals surface area contributed by atoms with Gasteiger partial charge in [-0.2, -0.15) is 0 Å². The summed E-state index contributed by atoms with van der Waals surface area (Å²) in [7, 11) is 5.89. The summed E-state index contributed by atoms with van der Waals surface area (Å²) in [5.74, 6) is 0.650. The predicted octanol–water partition coefficient (Wildman–Crippen LogP) is 4.23. The van der Waals surface area contributed by atoms with Crippen molar-refractivity contribution in [2.24, 2.45) is 5.92 Å². The van der Waals surface area contributed by atoms with Gasteiger partial charge in [0.1, 0.15) is 0 Å². The third-order valence-corrected chi connectivity index (χ3v) is 4.54. The van der Waals surface area contributed by atoms with Gasteiger partial charge in [0, 0.05) is 157 Å². The van der Waals surface area contributed by atoms with E-state index in [1.165, 1.54) is 17.3 Å². The maximum absolute atomic E-state index is 3.00. The maximum atomic E-state index is 3.00. The van der Waals surface area contributed by atoms with E-state index in [1.54, 1.807) is 11.1 Å². The molecular weight excluding hydrogens is 390 g/mol. The number of allylic oxidation sites excluding steroid dienone is 8. The van der Waals surface area contributed by atoms with Crippen LogP contribution in [0.3, 0.4) is 0 Å². The van der Waals surface area contributed by atoms with Crippen molar-refractivity contribution in [3.05, 3.63) is 46.3 Å². The van der Waals surface area contributed by atoms with Gasteiger partial charge in [-0.15, -0.1) is 18.5 Å². The standard InChI is InChI=1S/C14H20P2.4Ar/c1-9-5-3-7-11(15)13(9)14-10(2)6-4-8-12(14)16;;;;/h3-5,8,10-11H,6-7,15-16H2,1-2H3;;;;/t10-,11-;;;;/m0..../s1. The minimum absolute atomic E-state index is 0. The van der Waals surface area contributed by atoms with Gasteiger partial charge in [0.15, 0.2) is 0 Å². The van der Waals surface area contributed by atoms with E-state index in [9.17, 15) is 0 Å². The summed E-state index contributed by atoms with van der Waals surface area (Å²) in [4.78, 5) is 0. The van der Waals surface area contributed by atoms with Crippen molar-refractivity contribution in [3.8, 4) is 0 Å². The molecule has 0 fully saturated rings. The van der Waals surface area contributed by atoms with E-state index in [0.29, 0.717) is 11.6 Å². The fourth-order valence-electron chi connectivity index (χ4n) is 2.62. The van der Waals surface area contributed by atoms with Crippen LogP contribution in [-0.4, -0.2) is 5.66 Å². The average Bonchev–Trinajstić information content (AvgIpc) is 2.21. The first-order chi connectivity index (χ1) is 7.61. The Labute approximate surface area is 248 Å². The van der Waals surface area contributed by atoms with E-state index in [2.05, 4.69) is 56.6 Å². The Morgan fingerprint density at radius 1 is 0.950 bits per heavy atom. The molecule has 2 unspecified atom stereocenters. The second-order valence-corrected chi connectivity index (χ2v) is 6.18. The first-order valence-electron chi connectivity index (χ1n) is 5.90. The van der Waals surface area contributed by atoms with Gasteiger partial charge in [-0.05, 0) is 47.7 Å². The van der Waals surface area contributed by atoms with Crippen LogP contribution in [0.25, 0.3) is 0 Å². The van der Waals surface area contributed by atoms with Crippen LogP contribution in [0.15, 0.2) is 46.3 Å². The third kappa shape index (κ3) is 8.04. The molecule has 2 aliphatic carbocycles. The van der Waals surface area contributed by atoms with Crippen LogP contribution in [-0.2, 0) is 0 Å². The second-order valence-electron chi connectivity index (χ2n) is 4.75. The summed E-state index contributed by atoms with van der Waals surface area (Å²) in [6.07, 6.45) is 11.4. The van der Waals surface area contributed by atoms with Gasteiger partial charge < -0.3 is 0 Å². The van der Waals surface area contributed by atoms with Crippen molar-refractivity contribution in [1.82, 2.24) is 0 Å². The fourth-order valence-corrected chi connectivity index (χ4v) is 3.79. The largest absolute Gasteiger partial charge is 0.129 e. The molecule has 0 spiro atoms.